The van der Waals surface area contributed by atoms with Crippen LogP contribution in [0.3, 0.4) is 0 Å². The first-order chi connectivity index (χ1) is 10.6. The van der Waals surface area contributed by atoms with Gasteiger partial charge in [-0.15, -0.1) is 0 Å². The second-order valence-corrected chi connectivity index (χ2v) is 4.97. The van der Waals surface area contributed by atoms with Gasteiger partial charge in [0, 0.05) is 38.4 Å². The number of carbonyl (C=O) groups is 1. The first kappa shape index (κ1) is 16.2. The van der Waals surface area contributed by atoms with Crippen molar-refractivity contribution in [3.63, 3.8) is 0 Å². The standard InChI is InChI=1S/C16H22N4O2/c1-5-20(6-2)16(21)13-9-7-8-12(10-13)15-17-14(11-22-4)19(3)18-15/h7-10H,5-6,11H2,1-4H3. The maximum absolute atomic E-state index is 12.4. The monoisotopic (exact) mass is 302 g/mol. The highest BCUT2D eigenvalue weighted by Crippen LogP contribution is 2.18. The van der Waals surface area contributed by atoms with Crippen molar-refractivity contribution >= 4 is 5.91 Å². The Bertz CT molecular complexity index is 647. The molecule has 0 aliphatic rings. The van der Waals surface area contributed by atoms with Crippen LogP contribution in [0.15, 0.2) is 24.3 Å². The predicted molar refractivity (Wildman–Crippen MR) is 84.4 cm³/mol. The molecule has 0 unspecified atom stereocenters. The molecule has 118 valence electrons. The molecule has 1 heterocycles. The number of carbonyl (C=O) groups excluding carboxylic acids is 1. The van der Waals surface area contributed by atoms with Crippen LogP contribution in [-0.2, 0) is 18.4 Å². The van der Waals surface area contributed by atoms with Gasteiger partial charge in [-0.25, -0.2) is 4.98 Å². The molecule has 6 heteroatoms. The fraction of sp³-hybridized carbons (Fsp3) is 0.438. The van der Waals surface area contributed by atoms with Crippen molar-refractivity contribution in [3.8, 4) is 11.4 Å². The molecule has 1 aromatic heterocycles. The SMILES string of the molecule is CCN(CC)C(=O)c1cccc(-c2nc(COC)n(C)n2)c1. The zero-order chi connectivity index (χ0) is 16.1. The minimum absolute atomic E-state index is 0.0277. The van der Waals surface area contributed by atoms with Gasteiger partial charge >= 0.3 is 0 Å². The third-order valence-electron chi connectivity index (χ3n) is 3.55. The van der Waals surface area contributed by atoms with Crippen LogP contribution in [0.5, 0.6) is 0 Å². The molecule has 0 saturated carbocycles. The van der Waals surface area contributed by atoms with Crippen molar-refractivity contribution < 1.29 is 9.53 Å². The molecule has 0 spiro atoms. The summed E-state index contributed by atoms with van der Waals surface area (Å²) in [5, 5.41) is 4.39. The van der Waals surface area contributed by atoms with E-state index in [1.807, 2.05) is 45.2 Å². The number of nitrogens with zero attached hydrogens (tertiary/aromatic N) is 4. The predicted octanol–water partition coefficient (Wildman–Crippen LogP) is 2.11. The molecule has 0 atom stereocenters. The lowest BCUT2D eigenvalue weighted by atomic mass is 10.1. The van der Waals surface area contributed by atoms with E-state index < -0.39 is 0 Å². The number of methoxy groups -OCH3 is 1. The maximum atomic E-state index is 12.4. The van der Waals surface area contributed by atoms with Crippen LogP contribution >= 0.6 is 0 Å². The molecule has 0 N–H and O–H groups in total. The molecule has 6 nitrogen and oxygen atoms in total. The van der Waals surface area contributed by atoms with Crippen molar-refractivity contribution in [2.24, 2.45) is 7.05 Å². The van der Waals surface area contributed by atoms with Crippen molar-refractivity contribution in [1.29, 1.82) is 0 Å². The van der Waals surface area contributed by atoms with Crippen LogP contribution in [-0.4, -0.2) is 45.8 Å². The van der Waals surface area contributed by atoms with Crippen molar-refractivity contribution in [2.45, 2.75) is 20.5 Å². The summed E-state index contributed by atoms with van der Waals surface area (Å²) in [5.74, 6) is 1.38. The molecule has 0 saturated heterocycles. The highest BCUT2D eigenvalue weighted by molar-refractivity contribution is 5.95. The lowest BCUT2D eigenvalue weighted by Crippen LogP contribution is -2.30. The average molecular weight is 302 g/mol. The number of hydrogen-bond acceptors (Lipinski definition) is 4. The minimum atomic E-state index is 0.0277. The molecule has 0 fully saturated rings. The lowest BCUT2D eigenvalue weighted by Gasteiger charge is -2.18. The molecule has 0 aliphatic carbocycles. The van der Waals surface area contributed by atoms with E-state index in [-0.39, 0.29) is 5.91 Å². The van der Waals surface area contributed by atoms with Crippen LogP contribution < -0.4 is 0 Å². The average Bonchev–Trinajstić information content (AvgIpc) is 2.90. The molecule has 0 aliphatic heterocycles. The minimum Gasteiger partial charge on any atom is -0.377 e. The second-order valence-electron chi connectivity index (χ2n) is 4.97. The van der Waals surface area contributed by atoms with E-state index in [1.165, 1.54) is 0 Å². The summed E-state index contributed by atoms with van der Waals surface area (Å²) >= 11 is 0. The normalized spacial score (nSPS) is 10.7. The van der Waals surface area contributed by atoms with E-state index in [0.29, 0.717) is 31.1 Å². The molecule has 1 amide bonds. The summed E-state index contributed by atoms with van der Waals surface area (Å²) in [7, 11) is 3.45. The Morgan fingerprint density at radius 1 is 1.32 bits per heavy atom. The van der Waals surface area contributed by atoms with Crippen LogP contribution in [0.4, 0.5) is 0 Å². The third kappa shape index (κ3) is 3.33. The van der Waals surface area contributed by atoms with Gasteiger partial charge < -0.3 is 9.64 Å². The Balaban J connectivity index is 2.32. The zero-order valence-corrected chi connectivity index (χ0v) is 13.5. The number of aromatic nitrogens is 3. The number of aryl methyl sites for hydroxylation is 1. The summed E-state index contributed by atoms with van der Waals surface area (Å²) in [6, 6.07) is 7.43. The van der Waals surface area contributed by atoms with Gasteiger partial charge in [0.1, 0.15) is 6.61 Å². The Morgan fingerprint density at radius 2 is 2.05 bits per heavy atom. The molecule has 1 aromatic carbocycles. The fourth-order valence-electron chi connectivity index (χ4n) is 2.28. The molecule has 2 rings (SSSR count). The second kappa shape index (κ2) is 7.17. The summed E-state index contributed by atoms with van der Waals surface area (Å²) in [6.45, 7) is 5.74. The fourth-order valence-corrected chi connectivity index (χ4v) is 2.28. The van der Waals surface area contributed by atoms with Gasteiger partial charge in [0.2, 0.25) is 0 Å². The molecule has 22 heavy (non-hydrogen) atoms. The zero-order valence-electron chi connectivity index (χ0n) is 13.5. The van der Waals surface area contributed by atoms with Gasteiger partial charge in [-0.05, 0) is 26.0 Å². The van der Waals surface area contributed by atoms with Crippen molar-refractivity contribution in [2.75, 3.05) is 20.2 Å². The quantitative estimate of drug-likeness (QED) is 0.820. The number of rotatable bonds is 6. The summed E-state index contributed by atoms with van der Waals surface area (Å²) in [6.07, 6.45) is 0. The number of amides is 1. The third-order valence-corrected chi connectivity index (χ3v) is 3.55. The Morgan fingerprint density at radius 3 is 2.68 bits per heavy atom. The maximum Gasteiger partial charge on any atom is 0.253 e. The number of ether oxygens (including phenoxy) is 1. The molecule has 0 radical (unpaired) electrons. The van der Waals surface area contributed by atoms with Crippen LogP contribution in [0.1, 0.15) is 30.0 Å². The number of benzene rings is 1. The summed E-state index contributed by atoms with van der Waals surface area (Å²) < 4.78 is 6.79. The van der Waals surface area contributed by atoms with Gasteiger partial charge in [-0.1, -0.05) is 12.1 Å². The summed E-state index contributed by atoms with van der Waals surface area (Å²) in [4.78, 5) is 18.7. The van der Waals surface area contributed by atoms with E-state index >= 15 is 0 Å². The first-order valence-electron chi connectivity index (χ1n) is 7.39. The van der Waals surface area contributed by atoms with Gasteiger partial charge in [0.25, 0.3) is 5.91 Å². The van der Waals surface area contributed by atoms with Crippen molar-refractivity contribution in [3.05, 3.63) is 35.7 Å². The van der Waals surface area contributed by atoms with E-state index in [9.17, 15) is 4.79 Å². The lowest BCUT2D eigenvalue weighted by molar-refractivity contribution is 0.0773. The van der Waals surface area contributed by atoms with Gasteiger partial charge in [-0.2, -0.15) is 5.10 Å². The van der Waals surface area contributed by atoms with E-state index in [0.717, 1.165) is 11.4 Å². The molecular formula is C16H22N4O2. The highest BCUT2D eigenvalue weighted by Gasteiger charge is 2.15. The van der Waals surface area contributed by atoms with Gasteiger partial charge in [0.05, 0.1) is 0 Å². The Hall–Kier alpha value is -2.21. The summed E-state index contributed by atoms with van der Waals surface area (Å²) in [5.41, 5.74) is 1.48. The van der Waals surface area contributed by atoms with E-state index in [2.05, 4.69) is 10.1 Å². The number of hydrogen-bond donors (Lipinski definition) is 0. The van der Waals surface area contributed by atoms with Crippen molar-refractivity contribution in [1.82, 2.24) is 19.7 Å². The Labute approximate surface area is 130 Å². The Kier molecular flexibility index (Phi) is 5.27. The smallest absolute Gasteiger partial charge is 0.253 e. The van der Waals surface area contributed by atoms with Gasteiger partial charge in [-0.3, -0.25) is 9.48 Å². The molecule has 2 aromatic rings. The highest BCUT2D eigenvalue weighted by atomic mass is 16.5. The first-order valence-corrected chi connectivity index (χ1v) is 7.39. The topological polar surface area (TPSA) is 60.3 Å². The van der Waals surface area contributed by atoms with Crippen LogP contribution in [0.25, 0.3) is 11.4 Å². The van der Waals surface area contributed by atoms with E-state index in [4.69, 9.17) is 4.74 Å². The molecule has 0 bridgehead atoms. The van der Waals surface area contributed by atoms with Gasteiger partial charge in [0.15, 0.2) is 11.6 Å². The van der Waals surface area contributed by atoms with E-state index in [1.54, 1.807) is 16.7 Å². The van der Waals surface area contributed by atoms with Crippen LogP contribution in [0, 0.1) is 0 Å². The van der Waals surface area contributed by atoms with Crippen LogP contribution in [0.2, 0.25) is 0 Å². The molecular weight excluding hydrogens is 280 g/mol. The largest absolute Gasteiger partial charge is 0.377 e.